The summed E-state index contributed by atoms with van der Waals surface area (Å²) in [6, 6.07) is 13.4. The van der Waals surface area contributed by atoms with Crippen molar-refractivity contribution in [2.75, 3.05) is 19.6 Å². The number of benzene rings is 1. The van der Waals surface area contributed by atoms with Gasteiger partial charge in [-0.15, -0.1) is 0 Å². The lowest BCUT2D eigenvalue weighted by Crippen LogP contribution is -2.40. The minimum Gasteiger partial charge on any atom is -0.352 e. The fourth-order valence-electron chi connectivity index (χ4n) is 3.19. The number of aromatic nitrogens is 1. The summed E-state index contributed by atoms with van der Waals surface area (Å²) >= 11 is 0. The molecule has 5 nitrogen and oxygen atoms in total. The summed E-state index contributed by atoms with van der Waals surface area (Å²) in [4.78, 5) is 28.1. The second-order valence-corrected chi connectivity index (χ2v) is 6.38. The predicted octanol–water partition coefficient (Wildman–Crippen LogP) is 2.02. The van der Waals surface area contributed by atoms with Gasteiger partial charge in [-0.05, 0) is 36.9 Å². The van der Waals surface area contributed by atoms with E-state index >= 15 is 0 Å². The molecule has 2 heterocycles. The zero-order chi connectivity index (χ0) is 16.8. The predicted molar refractivity (Wildman–Crippen MR) is 93.8 cm³/mol. The first kappa shape index (κ1) is 16.5. The number of hydrogen-bond acceptors (Lipinski definition) is 3. The third kappa shape index (κ3) is 4.55. The van der Waals surface area contributed by atoms with E-state index in [9.17, 15) is 9.59 Å². The first-order valence-corrected chi connectivity index (χ1v) is 8.44. The van der Waals surface area contributed by atoms with Gasteiger partial charge in [-0.3, -0.25) is 14.5 Å². The highest BCUT2D eigenvalue weighted by atomic mass is 16.1. The fourth-order valence-corrected chi connectivity index (χ4v) is 3.19. The van der Waals surface area contributed by atoms with Gasteiger partial charge in [0.05, 0.1) is 5.56 Å². The first-order chi connectivity index (χ1) is 11.7. The van der Waals surface area contributed by atoms with E-state index in [1.165, 1.54) is 17.8 Å². The first-order valence-electron chi connectivity index (χ1n) is 8.44. The lowest BCUT2D eigenvalue weighted by molar-refractivity contribution is 0.0930. The quantitative estimate of drug-likeness (QED) is 0.884. The van der Waals surface area contributed by atoms with Gasteiger partial charge in [0.2, 0.25) is 5.56 Å². The monoisotopic (exact) mass is 325 g/mol. The molecule has 1 atom stereocenters. The molecule has 1 aromatic carbocycles. The number of amides is 1. The number of piperidine rings is 1. The molecule has 2 N–H and O–H groups in total. The van der Waals surface area contributed by atoms with Crippen molar-refractivity contribution in [3.05, 3.63) is 70.1 Å². The number of pyridine rings is 1. The summed E-state index contributed by atoms with van der Waals surface area (Å²) in [6.45, 7) is 3.74. The van der Waals surface area contributed by atoms with Gasteiger partial charge >= 0.3 is 0 Å². The van der Waals surface area contributed by atoms with E-state index in [1.54, 1.807) is 6.07 Å². The average Bonchev–Trinajstić information content (AvgIpc) is 2.61. The SMILES string of the molecule is O=C(NCC1CCCN(Cc2ccccc2)C1)c1ccc(=O)[nH]c1. The molecule has 0 aliphatic carbocycles. The number of hydrogen-bond donors (Lipinski definition) is 2. The molecule has 1 aliphatic rings. The molecule has 0 saturated carbocycles. The highest BCUT2D eigenvalue weighted by Gasteiger charge is 2.20. The highest BCUT2D eigenvalue weighted by Crippen LogP contribution is 2.18. The molecule has 5 heteroatoms. The molecule has 1 unspecified atom stereocenters. The van der Waals surface area contributed by atoms with E-state index < -0.39 is 0 Å². The van der Waals surface area contributed by atoms with Crippen LogP contribution in [0.15, 0.2) is 53.5 Å². The normalized spacial score (nSPS) is 18.2. The summed E-state index contributed by atoms with van der Waals surface area (Å²) in [5.74, 6) is 0.334. The van der Waals surface area contributed by atoms with E-state index in [2.05, 4.69) is 39.5 Å². The molecule has 0 bridgehead atoms. The molecule has 0 radical (unpaired) electrons. The number of aromatic amines is 1. The largest absolute Gasteiger partial charge is 0.352 e. The number of carbonyl (C=O) groups excluding carboxylic acids is 1. The number of likely N-dealkylation sites (tertiary alicyclic amines) is 1. The van der Waals surface area contributed by atoms with Crippen molar-refractivity contribution in [1.82, 2.24) is 15.2 Å². The third-order valence-corrected chi connectivity index (χ3v) is 4.45. The van der Waals surface area contributed by atoms with Gasteiger partial charge in [0.1, 0.15) is 0 Å². The zero-order valence-corrected chi connectivity index (χ0v) is 13.7. The van der Waals surface area contributed by atoms with Gasteiger partial charge in [0.25, 0.3) is 5.91 Å². The van der Waals surface area contributed by atoms with Gasteiger partial charge in [-0.25, -0.2) is 0 Å². The Morgan fingerprint density at radius 1 is 1.21 bits per heavy atom. The number of nitrogens with one attached hydrogen (secondary N) is 2. The van der Waals surface area contributed by atoms with E-state index in [-0.39, 0.29) is 11.5 Å². The van der Waals surface area contributed by atoms with E-state index in [0.29, 0.717) is 18.0 Å². The summed E-state index contributed by atoms with van der Waals surface area (Å²) in [5.41, 5.74) is 1.62. The van der Waals surface area contributed by atoms with Gasteiger partial charge < -0.3 is 10.3 Å². The minimum absolute atomic E-state index is 0.133. The second kappa shape index (κ2) is 7.93. The topological polar surface area (TPSA) is 65.2 Å². The van der Waals surface area contributed by atoms with Crippen molar-refractivity contribution in [3.63, 3.8) is 0 Å². The molecule has 24 heavy (non-hydrogen) atoms. The van der Waals surface area contributed by atoms with Gasteiger partial charge in [-0.2, -0.15) is 0 Å². The number of H-pyrrole nitrogens is 1. The van der Waals surface area contributed by atoms with Crippen molar-refractivity contribution < 1.29 is 4.79 Å². The molecule has 0 spiro atoms. The maximum atomic E-state index is 12.1. The molecule has 3 rings (SSSR count). The number of nitrogens with zero attached hydrogens (tertiary/aromatic N) is 1. The van der Waals surface area contributed by atoms with E-state index in [1.807, 2.05) is 6.07 Å². The van der Waals surface area contributed by atoms with Crippen LogP contribution in [0.3, 0.4) is 0 Å². The Labute approximate surface area is 141 Å². The fraction of sp³-hybridized carbons (Fsp3) is 0.368. The Morgan fingerprint density at radius 3 is 2.79 bits per heavy atom. The van der Waals surface area contributed by atoms with Crippen molar-refractivity contribution in [2.24, 2.45) is 5.92 Å². The smallest absolute Gasteiger partial charge is 0.252 e. The molecule has 1 amide bonds. The molecular formula is C19H23N3O2. The summed E-state index contributed by atoms with van der Waals surface area (Å²) in [6.07, 6.45) is 3.75. The van der Waals surface area contributed by atoms with Crippen LogP contribution in [0.25, 0.3) is 0 Å². The Hall–Kier alpha value is -2.40. The molecule has 1 aromatic heterocycles. The van der Waals surface area contributed by atoms with Gasteiger partial charge in [0, 0.05) is 31.9 Å². The third-order valence-electron chi connectivity index (χ3n) is 4.45. The Morgan fingerprint density at radius 2 is 2.04 bits per heavy atom. The lowest BCUT2D eigenvalue weighted by atomic mass is 9.97. The van der Waals surface area contributed by atoms with Crippen LogP contribution in [0.4, 0.5) is 0 Å². The highest BCUT2D eigenvalue weighted by molar-refractivity contribution is 5.93. The molecule has 126 valence electrons. The Bertz CT molecular complexity index is 706. The van der Waals surface area contributed by atoms with Crippen molar-refractivity contribution in [2.45, 2.75) is 19.4 Å². The summed E-state index contributed by atoms with van der Waals surface area (Å²) in [7, 11) is 0. The molecule has 1 fully saturated rings. The molecule has 1 saturated heterocycles. The van der Waals surface area contributed by atoms with Crippen LogP contribution in [0, 0.1) is 5.92 Å². The standard InChI is InChI=1S/C19H23N3O2/c23-18-9-8-17(12-20-18)19(24)21-11-16-7-4-10-22(14-16)13-15-5-2-1-3-6-15/h1-3,5-6,8-9,12,16H,4,7,10-11,13-14H2,(H,20,23)(H,21,24). The summed E-state index contributed by atoms with van der Waals surface area (Å²) in [5, 5.41) is 2.98. The van der Waals surface area contributed by atoms with Crippen molar-refractivity contribution >= 4 is 5.91 Å². The van der Waals surface area contributed by atoms with Crippen LogP contribution in [0.5, 0.6) is 0 Å². The van der Waals surface area contributed by atoms with E-state index in [0.717, 1.165) is 32.5 Å². The molecule has 1 aliphatic heterocycles. The summed E-state index contributed by atoms with van der Waals surface area (Å²) < 4.78 is 0. The van der Waals surface area contributed by atoms with Crippen molar-refractivity contribution in [3.8, 4) is 0 Å². The maximum Gasteiger partial charge on any atom is 0.252 e. The van der Waals surface area contributed by atoms with Crippen LogP contribution < -0.4 is 10.9 Å². The average molecular weight is 325 g/mol. The van der Waals surface area contributed by atoms with Gasteiger partial charge in [-0.1, -0.05) is 30.3 Å². The maximum absolute atomic E-state index is 12.1. The molecular weight excluding hydrogens is 302 g/mol. The minimum atomic E-state index is -0.199. The zero-order valence-electron chi connectivity index (χ0n) is 13.7. The van der Waals surface area contributed by atoms with Crippen LogP contribution in [0.1, 0.15) is 28.8 Å². The van der Waals surface area contributed by atoms with Crippen LogP contribution in [0.2, 0.25) is 0 Å². The number of carbonyl (C=O) groups is 1. The van der Waals surface area contributed by atoms with Crippen LogP contribution in [-0.2, 0) is 6.54 Å². The van der Waals surface area contributed by atoms with Crippen LogP contribution >= 0.6 is 0 Å². The van der Waals surface area contributed by atoms with Crippen molar-refractivity contribution in [1.29, 1.82) is 0 Å². The molecule has 2 aromatic rings. The number of rotatable bonds is 5. The Balaban J connectivity index is 1.49. The van der Waals surface area contributed by atoms with E-state index in [4.69, 9.17) is 0 Å². The van der Waals surface area contributed by atoms with Crippen LogP contribution in [-0.4, -0.2) is 35.4 Å². The second-order valence-electron chi connectivity index (χ2n) is 6.38. The lowest BCUT2D eigenvalue weighted by Gasteiger charge is -2.32. The van der Waals surface area contributed by atoms with Gasteiger partial charge in [0.15, 0.2) is 0 Å². The Kier molecular flexibility index (Phi) is 5.43.